The van der Waals surface area contributed by atoms with Crippen LogP contribution in [-0.4, -0.2) is 60.8 Å². The van der Waals surface area contributed by atoms with Crippen molar-refractivity contribution in [3.63, 3.8) is 0 Å². The number of imidazole rings is 1. The highest BCUT2D eigenvalue weighted by molar-refractivity contribution is 7.89. The Morgan fingerprint density at radius 1 is 1.35 bits per heavy atom. The van der Waals surface area contributed by atoms with Crippen LogP contribution < -0.4 is 0 Å². The first kappa shape index (κ1) is 14.0. The van der Waals surface area contributed by atoms with Gasteiger partial charge in [-0.1, -0.05) is 0 Å². The molecule has 2 fully saturated rings. The molecule has 0 bridgehead atoms. The van der Waals surface area contributed by atoms with Gasteiger partial charge in [0.25, 0.3) is 10.0 Å². The molecule has 1 atom stereocenters. The van der Waals surface area contributed by atoms with Crippen molar-refractivity contribution in [2.45, 2.75) is 30.5 Å². The van der Waals surface area contributed by atoms with Gasteiger partial charge >= 0.3 is 0 Å². The van der Waals surface area contributed by atoms with Crippen LogP contribution in [0.15, 0.2) is 17.6 Å². The predicted octanol–water partition coefficient (Wildman–Crippen LogP) is 0.0830. The molecule has 0 saturated carbocycles. The van der Waals surface area contributed by atoms with Crippen molar-refractivity contribution in [3.8, 4) is 0 Å². The summed E-state index contributed by atoms with van der Waals surface area (Å²) in [7, 11) is -3.60. The normalized spacial score (nSPS) is 28.2. The smallest absolute Gasteiger partial charge is 0.262 e. The summed E-state index contributed by atoms with van der Waals surface area (Å²) >= 11 is 0. The van der Waals surface area contributed by atoms with Crippen LogP contribution in [0.1, 0.15) is 13.3 Å². The monoisotopic (exact) mass is 301 g/mol. The van der Waals surface area contributed by atoms with E-state index >= 15 is 0 Å². The lowest BCUT2D eigenvalue weighted by molar-refractivity contribution is -0.0294. The van der Waals surface area contributed by atoms with Gasteiger partial charge in [0.2, 0.25) is 0 Å². The number of hydrogen-bond acceptors (Lipinski definition) is 5. The first-order valence-electron chi connectivity index (χ1n) is 6.79. The van der Waals surface area contributed by atoms with Crippen molar-refractivity contribution in [1.82, 2.24) is 13.9 Å². The second-order valence-corrected chi connectivity index (χ2v) is 7.01. The van der Waals surface area contributed by atoms with Gasteiger partial charge in [-0.05, 0) is 13.3 Å². The fourth-order valence-corrected chi connectivity index (χ4v) is 4.46. The maximum atomic E-state index is 12.8. The average Bonchev–Trinajstić information content (AvgIpc) is 3.09. The number of aromatic nitrogens is 2. The zero-order valence-corrected chi connectivity index (χ0v) is 12.3. The van der Waals surface area contributed by atoms with Crippen LogP contribution in [0.2, 0.25) is 0 Å². The minimum absolute atomic E-state index is 0.104. The molecule has 8 heteroatoms. The van der Waals surface area contributed by atoms with Gasteiger partial charge in [0.1, 0.15) is 0 Å². The highest BCUT2D eigenvalue weighted by atomic mass is 32.2. The highest BCUT2D eigenvalue weighted by Gasteiger charge is 2.49. The largest absolute Gasteiger partial charge is 0.379 e. The molecule has 112 valence electrons. The van der Waals surface area contributed by atoms with Gasteiger partial charge in [0, 0.05) is 25.9 Å². The van der Waals surface area contributed by atoms with Crippen molar-refractivity contribution >= 4 is 10.0 Å². The molecule has 1 unspecified atom stereocenters. The topological polar surface area (TPSA) is 73.7 Å². The summed E-state index contributed by atoms with van der Waals surface area (Å²) in [6, 6.07) is 0. The molecule has 0 radical (unpaired) electrons. The van der Waals surface area contributed by atoms with E-state index in [1.54, 1.807) is 17.1 Å². The highest BCUT2D eigenvalue weighted by Crippen LogP contribution is 2.33. The van der Waals surface area contributed by atoms with Gasteiger partial charge in [-0.15, -0.1) is 0 Å². The number of hydrogen-bond donors (Lipinski definition) is 0. The Morgan fingerprint density at radius 2 is 2.10 bits per heavy atom. The fourth-order valence-electron chi connectivity index (χ4n) is 2.76. The van der Waals surface area contributed by atoms with E-state index in [1.807, 2.05) is 6.92 Å². The lowest BCUT2D eigenvalue weighted by Crippen LogP contribution is -2.59. The standard InChI is InChI=1S/C12H19N3O4S/c1-2-14-7-11(13-10-14)20(16,17)15-4-6-19-9-12(15)3-5-18-8-12/h7,10H,2-6,8-9H2,1H3. The number of morpholine rings is 1. The van der Waals surface area contributed by atoms with Crippen molar-refractivity contribution in [2.24, 2.45) is 0 Å². The molecule has 1 aromatic rings. The van der Waals surface area contributed by atoms with E-state index in [9.17, 15) is 8.42 Å². The first-order valence-corrected chi connectivity index (χ1v) is 8.23. The molecule has 7 nitrogen and oxygen atoms in total. The van der Waals surface area contributed by atoms with E-state index in [4.69, 9.17) is 9.47 Å². The predicted molar refractivity (Wildman–Crippen MR) is 70.8 cm³/mol. The van der Waals surface area contributed by atoms with Gasteiger partial charge in [-0.25, -0.2) is 13.4 Å². The fraction of sp³-hybridized carbons (Fsp3) is 0.750. The van der Waals surface area contributed by atoms with Crippen molar-refractivity contribution < 1.29 is 17.9 Å². The Labute approximate surface area is 118 Å². The maximum Gasteiger partial charge on any atom is 0.262 e. The molecule has 1 spiro atoms. The zero-order chi connectivity index (χ0) is 14.2. The third-order valence-corrected chi connectivity index (χ3v) is 5.84. The van der Waals surface area contributed by atoms with E-state index < -0.39 is 15.6 Å². The van der Waals surface area contributed by atoms with Crippen LogP contribution in [0.25, 0.3) is 0 Å². The molecule has 0 N–H and O–H groups in total. The van der Waals surface area contributed by atoms with E-state index in [0.29, 0.717) is 45.9 Å². The van der Waals surface area contributed by atoms with Gasteiger partial charge in [0.05, 0.1) is 31.7 Å². The number of ether oxygens (including phenoxy) is 2. The van der Waals surface area contributed by atoms with E-state index in [2.05, 4.69) is 4.98 Å². The molecule has 3 heterocycles. The van der Waals surface area contributed by atoms with Gasteiger partial charge in [-0.2, -0.15) is 4.31 Å². The summed E-state index contributed by atoms with van der Waals surface area (Å²) in [5, 5.41) is 0.104. The first-order chi connectivity index (χ1) is 9.58. The molecule has 20 heavy (non-hydrogen) atoms. The van der Waals surface area contributed by atoms with Gasteiger partial charge in [-0.3, -0.25) is 0 Å². The Bertz CT molecular complexity index is 577. The van der Waals surface area contributed by atoms with Crippen LogP contribution in [0, 0.1) is 0 Å². The summed E-state index contributed by atoms with van der Waals surface area (Å²) in [4.78, 5) is 4.04. The molecular weight excluding hydrogens is 282 g/mol. The number of nitrogens with zero attached hydrogens (tertiary/aromatic N) is 3. The van der Waals surface area contributed by atoms with Crippen molar-refractivity contribution in [1.29, 1.82) is 0 Å². The molecule has 0 aromatic carbocycles. The zero-order valence-electron chi connectivity index (χ0n) is 11.5. The summed E-state index contributed by atoms with van der Waals surface area (Å²) < 4.78 is 39.8. The van der Waals surface area contributed by atoms with E-state index in [-0.39, 0.29) is 5.03 Å². The van der Waals surface area contributed by atoms with Crippen LogP contribution in [0.4, 0.5) is 0 Å². The van der Waals surface area contributed by atoms with Crippen molar-refractivity contribution in [2.75, 3.05) is 33.0 Å². The second-order valence-electron chi connectivity index (χ2n) is 5.20. The molecule has 2 aliphatic heterocycles. The average molecular weight is 301 g/mol. The van der Waals surface area contributed by atoms with Crippen molar-refractivity contribution in [3.05, 3.63) is 12.5 Å². The Balaban J connectivity index is 1.96. The third kappa shape index (κ3) is 2.16. The van der Waals surface area contributed by atoms with Crippen LogP contribution in [-0.2, 0) is 26.0 Å². The molecule has 0 aliphatic carbocycles. The van der Waals surface area contributed by atoms with E-state index in [0.717, 1.165) is 0 Å². The molecule has 2 aliphatic rings. The molecule has 3 rings (SSSR count). The summed E-state index contributed by atoms with van der Waals surface area (Å²) in [5.74, 6) is 0. The summed E-state index contributed by atoms with van der Waals surface area (Å²) in [6.07, 6.45) is 3.79. The molecular formula is C12H19N3O4S. The Morgan fingerprint density at radius 3 is 2.70 bits per heavy atom. The van der Waals surface area contributed by atoms with Crippen LogP contribution in [0.5, 0.6) is 0 Å². The molecule has 1 aromatic heterocycles. The third-order valence-electron chi connectivity index (χ3n) is 3.95. The number of aryl methyl sites for hydroxylation is 1. The summed E-state index contributed by atoms with van der Waals surface area (Å²) in [6.45, 7) is 4.75. The SMILES string of the molecule is CCn1cnc(S(=O)(=O)N2CCOCC23CCOC3)c1. The maximum absolute atomic E-state index is 12.8. The molecule has 0 amide bonds. The number of sulfonamides is 1. The van der Waals surface area contributed by atoms with Crippen LogP contribution in [0.3, 0.4) is 0 Å². The lowest BCUT2D eigenvalue weighted by Gasteiger charge is -2.41. The summed E-state index contributed by atoms with van der Waals surface area (Å²) in [5.41, 5.74) is -0.562. The Hall–Kier alpha value is -0.960. The minimum atomic E-state index is -3.60. The lowest BCUT2D eigenvalue weighted by atomic mass is 9.99. The Kier molecular flexibility index (Phi) is 3.57. The van der Waals surface area contributed by atoms with Crippen LogP contribution >= 0.6 is 0 Å². The number of rotatable bonds is 3. The minimum Gasteiger partial charge on any atom is -0.379 e. The quantitative estimate of drug-likeness (QED) is 0.790. The van der Waals surface area contributed by atoms with Gasteiger partial charge in [0.15, 0.2) is 5.03 Å². The van der Waals surface area contributed by atoms with E-state index in [1.165, 1.54) is 4.31 Å². The molecule has 2 saturated heterocycles. The second kappa shape index (κ2) is 5.10. The van der Waals surface area contributed by atoms with Gasteiger partial charge < -0.3 is 14.0 Å².